The van der Waals surface area contributed by atoms with Gasteiger partial charge in [-0.1, -0.05) is 95.4 Å². The maximum atomic E-state index is 9.50. The van der Waals surface area contributed by atoms with Gasteiger partial charge in [0.1, 0.15) is 6.54 Å². The van der Waals surface area contributed by atoms with Crippen molar-refractivity contribution < 1.29 is 22.0 Å². The lowest BCUT2D eigenvalue weighted by molar-refractivity contribution is -0.903. The molecule has 0 bridgehead atoms. The third-order valence-electron chi connectivity index (χ3n) is 5.50. The minimum atomic E-state index is 0. The molecule has 0 aromatic heterocycles. The van der Waals surface area contributed by atoms with Gasteiger partial charge in [-0.05, 0) is 18.4 Å². The minimum Gasteiger partial charge on any atom is -1.00 e. The fourth-order valence-corrected chi connectivity index (χ4v) is 3.79. The molecule has 3 heteroatoms. The van der Waals surface area contributed by atoms with Crippen LogP contribution in [0.5, 0.6) is 0 Å². The summed E-state index contributed by atoms with van der Waals surface area (Å²) in [6, 6.07) is 8.30. The molecule has 1 N–H and O–H groups in total. The second-order valence-corrected chi connectivity index (χ2v) is 8.63. The second-order valence-electron chi connectivity index (χ2n) is 8.63. The zero-order valence-corrected chi connectivity index (χ0v) is 18.9. The topological polar surface area (TPSA) is 20.2 Å². The standard InChI is InChI=1S/C24H44NO.ClH/c1-4-5-6-7-8-9-10-11-12-13-14-17-20-25(2,3)21-23-18-15-16-19-24(23)22-26;/h15-16,18-19,26H,4-14,17,20-22H2,1-3H3;1H/q+1;/p-1. The fourth-order valence-electron chi connectivity index (χ4n) is 3.79. The molecule has 1 aromatic carbocycles. The van der Waals surface area contributed by atoms with Crippen molar-refractivity contribution in [1.82, 2.24) is 0 Å². The monoisotopic (exact) mass is 397 g/mol. The smallest absolute Gasteiger partial charge is 0.104 e. The van der Waals surface area contributed by atoms with Crippen LogP contribution in [-0.4, -0.2) is 30.2 Å². The van der Waals surface area contributed by atoms with E-state index >= 15 is 0 Å². The van der Waals surface area contributed by atoms with Crippen LogP contribution in [0.4, 0.5) is 0 Å². The first-order valence-electron chi connectivity index (χ1n) is 11.1. The molecule has 0 aliphatic rings. The Morgan fingerprint density at radius 1 is 0.704 bits per heavy atom. The summed E-state index contributed by atoms with van der Waals surface area (Å²) < 4.78 is 1.01. The number of rotatable bonds is 16. The summed E-state index contributed by atoms with van der Waals surface area (Å²) in [7, 11) is 4.62. The molecule has 0 saturated heterocycles. The SMILES string of the molecule is CCCCCCCCCCCCCC[N+](C)(C)Cc1ccccc1CO.[Cl-]. The molecule has 0 aliphatic carbocycles. The number of quaternary nitrogens is 1. The largest absolute Gasteiger partial charge is 1.00 e. The molecule has 0 spiro atoms. The van der Waals surface area contributed by atoms with Gasteiger partial charge >= 0.3 is 0 Å². The van der Waals surface area contributed by atoms with E-state index in [1.165, 1.54) is 89.2 Å². The molecule has 0 fully saturated rings. The minimum absolute atomic E-state index is 0. The van der Waals surface area contributed by atoms with Crippen LogP contribution in [0.15, 0.2) is 24.3 Å². The van der Waals surface area contributed by atoms with Crippen molar-refractivity contribution in [2.24, 2.45) is 0 Å². The van der Waals surface area contributed by atoms with Crippen molar-refractivity contribution in [2.75, 3.05) is 20.6 Å². The lowest BCUT2D eigenvalue weighted by atomic mass is 10.0. The van der Waals surface area contributed by atoms with Crippen LogP contribution in [0.25, 0.3) is 0 Å². The van der Waals surface area contributed by atoms with Gasteiger partial charge in [0, 0.05) is 5.56 Å². The Bertz CT molecular complexity index is 461. The summed E-state index contributed by atoms with van der Waals surface area (Å²) >= 11 is 0. The molecule has 0 heterocycles. The second kappa shape index (κ2) is 16.4. The molecule has 1 aromatic rings. The predicted octanol–water partition coefficient (Wildman–Crippen LogP) is 3.46. The number of hydrogen-bond donors (Lipinski definition) is 1. The van der Waals surface area contributed by atoms with Crippen LogP contribution in [0.2, 0.25) is 0 Å². The molecule has 0 amide bonds. The van der Waals surface area contributed by atoms with E-state index in [1.54, 1.807) is 0 Å². The number of halogens is 1. The molecule has 0 aliphatic heterocycles. The Labute approximate surface area is 175 Å². The van der Waals surface area contributed by atoms with Crippen molar-refractivity contribution in [3.63, 3.8) is 0 Å². The molecular weight excluding hydrogens is 354 g/mol. The first-order valence-corrected chi connectivity index (χ1v) is 11.1. The Balaban J connectivity index is 0.00000676. The number of benzene rings is 1. The first-order chi connectivity index (χ1) is 12.6. The van der Waals surface area contributed by atoms with Crippen molar-refractivity contribution in [2.45, 2.75) is 97.1 Å². The molecule has 2 nitrogen and oxygen atoms in total. The quantitative estimate of drug-likeness (QED) is 0.334. The Morgan fingerprint density at radius 2 is 1.15 bits per heavy atom. The Hall–Kier alpha value is -0.570. The number of aliphatic hydroxyl groups excluding tert-OH is 1. The predicted molar refractivity (Wildman–Crippen MR) is 114 cm³/mol. The highest BCUT2D eigenvalue weighted by atomic mass is 35.5. The fraction of sp³-hybridized carbons (Fsp3) is 0.750. The van der Waals surface area contributed by atoms with E-state index < -0.39 is 0 Å². The summed E-state index contributed by atoms with van der Waals surface area (Å²) in [4.78, 5) is 0. The van der Waals surface area contributed by atoms with Gasteiger partial charge in [0.25, 0.3) is 0 Å². The normalized spacial score (nSPS) is 11.4. The van der Waals surface area contributed by atoms with Gasteiger partial charge in [-0.2, -0.15) is 0 Å². The van der Waals surface area contributed by atoms with E-state index in [-0.39, 0.29) is 19.0 Å². The van der Waals surface area contributed by atoms with Crippen LogP contribution in [-0.2, 0) is 13.2 Å². The molecular formula is C24H44ClNO. The maximum Gasteiger partial charge on any atom is 0.104 e. The van der Waals surface area contributed by atoms with E-state index in [4.69, 9.17) is 0 Å². The van der Waals surface area contributed by atoms with E-state index in [2.05, 4.69) is 33.2 Å². The zero-order valence-electron chi connectivity index (χ0n) is 18.2. The molecule has 158 valence electrons. The molecule has 1 rings (SSSR count). The van der Waals surface area contributed by atoms with Gasteiger partial charge in [-0.15, -0.1) is 0 Å². The van der Waals surface area contributed by atoms with Gasteiger partial charge < -0.3 is 22.0 Å². The highest BCUT2D eigenvalue weighted by Crippen LogP contribution is 2.17. The third-order valence-corrected chi connectivity index (χ3v) is 5.50. The number of nitrogens with zero attached hydrogens (tertiary/aromatic N) is 1. The van der Waals surface area contributed by atoms with Crippen LogP contribution >= 0.6 is 0 Å². The van der Waals surface area contributed by atoms with Crippen molar-refractivity contribution in [3.8, 4) is 0 Å². The molecule has 0 atom stereocenters. The molecule has 27 heavy (non-hydrogen) atoms. The lowest BCUT2D eigenvalue weighted by Crippen LogP contribution is -3.00. The summed E-state index contributed by atoms with van der Waals surface area (Å²) in [6.07, 6.45) is 16.9. The molecule has 0 unspecified atom stereocenters. The van der Waals surface area contributed by atoms with E-state index in [0.717, 1.165) is 16.6 Å². The van der Waals surface area contributed by atoms with Crippen LogP contribution in [0.3, 0.4) is 0 Å². The average Bonchev–Trinajstić information content (AvgIpc) is 2.62. The number of hydrogen-bond acceptors (Lipinski definition) is 1. The van der Waals surface area contributed by atoms with Gasteiger partial charge in [0.05, 0.1) is 27.2 Å². The van der Waals surface area contributed by atoms with E-state index in [1.807, 2.05) is 12.1 Å². The van der Waals surface area contributed by atoms with Gasteiger partial charge in [0.2, 0.25) is 0 Å². The van der Waals surface area contributed by atoms with Gasteiger partial charge in [-0.25, -0.2) is 0 Å². The van der Waals surface area contributed by atoms with Crippen molar-refractivity contribution in [1.29, 1.82) is 0 Å². The molecule has 0 saturated carbocycles. The Kier molecular flexibility index (Phi) is 16.0. The number of unbranched alkanes of at least 4 members (excludes halogenated alkanes) is 11. The molecule has 0 radical (unpaired) electrons. The van der Waals surface area contributed by atoms with Crippen molar-refractivity contribution >= 4 is 0 Å². The summed E-state index contributed by atoms with van der Waals surface area (Å²) in [5.74, 6) is 0. The first kappa shape index (κ1) is 26.4. The summed E-state index contributed by atoms with van der Waals surface area (Å²) in [6.45, 7) is 4.66. The summed E-state index contributed by atoms with van der Waals surface area (Å²) in [5, 5.41) is 9.50. The van der Waals surface area contributed by atoms with Crippen LogP contribution in [0.1, 0.15) is 95.1 Å². The third kappa shape index (κ3) is 13.3. The number of aliphatic hydroxyl groups is 1. The van der Waals surface area contributed by atoms with Gasteiger partial charge in [0.15, 0.2) is 0 Å². The van der Waals surface area contributed by atoms with E-state index in [0.29, 0.717) is 0 Å². The highest BCUT2D eigenvalue weighted by molar-refractivity contribution is 5.25. The van der Waals surface area contributed by atoms with Crippen LogP contribution < -0.4 is 12.4 Å². The zero-order chi connectivity index (χ0) is 19.1. The Morgan fingerprint density at radius 3 is 1.63 bits per heavy atom. The lowest BCUT2D eigenvalue weighted by Gasteiger charge is -2.30. The van der Waals surface area contributed by atoms with Crippen LogP contribution in [0, 0.1) is 0 Å². The maximum absolute atomic E-state index is 9.50. The van der Waals surface area contributed by atoms with Gasteiger partial charge in [-0.3, -0.25) is 0 Å². The average molecular weight is 398 g/mol. The van der Waals surface area contributed by atoms with Crippen molar-refractivity contribution in [3.05, 3.63) is 35.4 Å². The van der Waals surface area contributed by atoms with E-state index in [9.17, 15) is 5.11 Å². The summed E-state index contributed by atoms with van der Waals surface area (Å²) in [5.41, 5.74) is 2.37. The highest BCUT2D eigenvalue weighted by Gasteiger charge is 2.17.